The Balaban J connectivity index is 0.000000153. The quantitative estimate of drug-likeness (QED) is 0.536. The fraction of sp³-hybridized carbons (Fsp3) is 0. The lowest BCUT2D eigenvalue weighted by molar-refractivity contribution is 1.09. The van der Waals surface area contributed by atoms with Gasteiger partial charge in [-0.15, -0.1) is 0 Å². The number of aromatic nitrogens is 4. The third-order valence-corrected chi connectivity index (χ3v) is 2.02. The van der Waals surface area contributed by atoms with Gasteiger partial charge in [-0.05, 0) is 0 Å². The van der Waals surface area contributed by atoms with Crippen molar-refractivity contribution in [2.45, 2.75) is 0 Å². The van der Waals surface area contributed by atoms with E-state index in [0.717, 1.165) is 0 Å². The zero-order chi connectivity index (χ0) is 12.1. The minimum atomic E-state index is 0.152. The van der Waals surface area contributed by atoms with Crippen LogP contribution in [0.15, 0.2) is 42.6 Å². The number of hydrogen-bond donors (Lipinski definition) is 3. The van der Waals surface area contributed by atoms with E-state index in [-0.39, 0.29) is 5.95 Å². The number of fused-ring (bicyclic) bond motifs is 1. The maximum absolute atomic E-state index is 5.51. The molecule has 6 nitrogen and oxygen atoms in total. The summed E-state index contributed by atoms with van der Waals surface area (Å²) in [4.78, 5) is 7.62. The highest BCUT2D eigenvalue weighted by molar-refractivity contribution is 5.85. The average Bonchev–Trinajstić information content (AvgIpc) is 2.80. The van der Waals surface area contributed by atoms with Gasteiger partial charge < -0.3 is 11.5 Å². The lowest BCUT2D eigenvalue weighted by Crippen LogP contribution is -1.99. The lowest BCUT2D eigenvalue weighted by atomic mass is 10.4. The van der Waals surface area contributed by atoms with Crippen LogP contribution in [0.2, 0.25) is 0 Å². The van der Waals surface area contributed by atoms with Gasteiger partial charge in [0.1, 0.15) is 5.82 Å². The van der Waals surface area contributed by atoms with Crippen LogP contribution in [0.3, 0.4) is 0 Å². The van der Waals surface area contributed by atoms with E-state index in [1.165, 1.54) is 0 Å². The first-order valence-corrected chi connectivity index (χ1v) is 4.99. The molecule has 2 heterocycles. The van der Waals surface area contributed by atoms with E-state index in [1.54, 1.807) is 6.20 Å². The predicted octanol–water partition coefficient (Wildman–Crippen LogP) is 1.20. The van der Waals surface area contributed by atoms with Crippen LogP contribution in [0.1, 0.15) is 0 Å². The zero-order valence-corrected chi connectivity index (χ0v) is 9.04. The van der Waals surface area contributed by atoms with Gasteiger partial charge in [-0.2, -0.15) is 15.1 Å². The molecule has 0 bridgehead atoms. The first-order valence-electron chi connectivity index (χ1n) is 4.99. The second kappa shape index (κ2) is 4.93. The van der Waals surface area contributed by atoms with Crippen LogP contribution in [0, 0.1) is 0 Å². The summed E-state index contributed by atoms with van der Waals surface area (Å²) in [5.41, 5.74) is 11.4. The first kappa shape index (κ1) is 10.9. The van der Waals surface area contributed by atoms with Gasteiger partial charge >= 0.3 is 0 Å². The predicted molar refractivity (Wildman–Crippen MR) is 67.0 cm³/mol. The molecule has 0 amide bonds. The average molecular weight is 228 g/mol. The number of H-pyrrole nitrogens is 1. The maximum atomic E-state index is 5.51. The zero-order valence-electron chi connectivity index (χ0n) is 9.04. The second-order valence-corrected chi connectivity index (χ2v) is 3.25. The van der Waals surface area contributed by atoms with Crippen molar-refractivity contribution in [2.75, 3.05) is 11.5 Å². The fourth-order valence-corrected chi connectivity index (χ4v) is 1.26. The highest BCUT2D eigenvalue weighted by Gasteiger charge is 2.02. The highest BCUT2D eigenvalue weighted by Crippen LogP contribution is 2.14. The van der Waals surface area contributed by atoms with E-state index in [1.807, 2.05) is 36.4 Å². The number of aromatic amines is 1. The molecule has 5 N–H and O–H groups in total. The number of nitrogens with two attached hydrogens (primary N) is 2. The van der Waals surface area contributed by atoms with Crippen molar-refractivity contribution >= 4 is 22.8 Å². The molecule has 1 aromatic carbocycles. The Labute approximate surface area is 97.7 Å². The minimum Gasteiger partial charge on any atom is -0.383 e. The molecule has 0 aliphatic heterocycles. The van der Waals surface area contributed by atoms with Gasteiger partial charge in [0.2, 0.25) is 5.95 Å². The number of anilines is 2. The third-order valence-electron chi connectivity index (χ3n) is 2.02. The largest absolute Gasteiger partial charge is 0.383 e. The minimum absolute atomic E-state index is 0.152. The van der Waals surface area contributed by atoms with Gasteiger partial charge in [0.05, 0.1) is 11.6 Å². The summed E-state index contributed by atoms with van der Waals surface area (Å²) in [5.74, 6) is 0.500. The summed E-state index contributed by atoms with van der Waals surface area (Å²) in [5, 5.41) is 7.07. The molecule has 0 saturated carbocycles. The highest BCUT2D eigenvalue weighted by atomic mass is 15.2. The molecule has 0 unspecified atom stereocenters. The third kappa shape index (κ3) is 2.69. The van der Waals surface area contributed by atoms with Crippen LogP contribution in [0.4, 0.5) is 11.8 Å². The molecule has 2 aromatic heterocycles. The van der Waals surface area contributed by atoms with Gasteiger partial charge in [0.25, 0.3) is 0 Å². The summed E-state index contributed by atoms with van der Waals surface area (Å²) in [6.45, 7) is 0. The number of nitrogens with one attached hydrogen (secondary N) is 1. The summed E-state index contributed by atoms with van der Waals surface area (Å²) in [7, 11) is 0. The van der Waals surface area contributed by atoms with Gasteiger partial charge in [0, 0.05) is 0 Å². The molecular weight excluding hydrogens is 216 g/mol. The monoisotopic (exact) mass is 228 g/mol. The summed E-state index contributed by atoms with van der Waals surface area (Å²) in [6.07, 6.45) is 1.56. The summed E-state index contributed by atoms with van der Waals surface area (Å²) < 4.78 is 0. The van der Waals surface area contributed by atoms with Gasteiger partial charge in [0.15, 0.2) is 5.65 Å². The smallest absolute Gasteiger partial charge is 0.224 e. The molecule has 0 radical (unpaired) electrons. The number of nitrogens with zero attached hydrogens (tertiary/aromatic N) is 3. The van der Waals surface area contributed by atoms with Crippen molar-refractivity contribution < 1.29 is 0 Å². The van der Waals surface area contributed by atoms with E-state index in [4.69, 9.17) is 11.5 Å². The molecular formula is C11H12N6. The molecule has 6 heteroatoms. The van der Waals surface area contributed by atoms with E-state index in [9.17, 15) is 0 Å². The van der Waals surface area contributed by atoms with Gasteiger partial charge in [-0.1, -0.05) is 36.4 Å². The van der Waals surface area contributed by atoms with Crippen LogP contribution >= 0.6 is 0 Å². The first-order chi connectivity index (χ1) is 8.27. The topological polar surface area (TPSA) is 106 Å². The van der Waals surface area contributed by atoms with Crippen LogP contribution in [-0.2, 0) is 0 Å². The van der Waals surface area contributed by atoms with E-state index >= 15 is 0 Å². The molecule has 0 aliphatic carbocycles. The summed E-state index contributed by atoms with van der Waals surface area (Å²) >= 11 is 0. The number of hydrogen-bond acceptors (Lipinski definition) is 5. The molecule has 17 heavy (non-hydrogen) atoms. The number of nitrogen functional groups attached to an aromatic ring is 2. The van der Waals surface area contributed by atoms with Gasteiger partial charge in [-0.25, -0.2) is 0 Å². The van der Waals surface area contributed by atoms with Crippen molar-refractivity contribution in [3.8, 4) is 0 Å². The van der Waals surface area contributed by atoms with Crippen molar-refractivity contribution in [1.29, 1.82) is 0 Å². The van der Waals surface area contributed by atoms with Crippen molar-refractivity contribution in [3.63, 3.8) is 0 Å². The van der Waals surface area contributed by atoms with Crippen LogP contribution < -0.4 is 11.5 Å². The fourth-order valence-electron chi connectivity index (χ4n) is 1.26. The SMILES string of the molecule is Nc1nc(N)c2cn[nH]c2n1.c1ccccc1. The number of rotatable bonds is 0. The Morgan fingerprint density at radius 3 is 2.06 bits per heavy atom. The van der Waals surface area contributed by atoms with Gasteiger partial charge in [-0.3, -0.25) is 5.10 Å². The Morgan fingerprint density at radius 1 is 0.882 bits per heavy atom. The van der Waals surface area contributed by atoms with Crippen LogP contribution in [0.5, 0.6) is 0 Å². The Hall–Kier alpha value is -2.63. The van der Waals surface area contributed by atoms with Crippen molar-refractivity contribution in [1.82, 2.24) is 20.2 Å². The molecule has 3 aromatic rings. The molecule has 0 aliphatic rings. The van der Waals surface area contributed by atoms with Crippen LogP contribution in [0.25, 0.3) is 11.0 Å². The van der Waals surface area contributed by atoms with E-state index < -0.39 is 0 Å². The molecule has 3 rings (SSSR count). The Bertz CT molecular complexity index is 563. The number of benzene rings is 1. The Kier molecular flexibility index (Phi) is 3.15. The molecule has 0 fully saturated rings. The summed E-state index contributed by atoms with van der Waals surface area (Å²) in [6, 6.07) is 12.0. The molecule has 0 saturated heterocycles. The standard InChI is InChI=1S/C6H6.C5H6N6/c1-2-4-6-5-3-1;6-3-2-1-8-11-4(2)10-5(7)9-3/h1-6H;1H,(H5,6,7,8,9,10,11). The maximum Gasteiger partial charge on any atom is 0.224 e. The molecule has 86 valence electrons. The van der Waals surface area contributed by atoms with E-state index in [0.29, 0.717) is 16.9 Å². The molecule has 0 spiro atoms. The van der Waals surface area contributed by atoms with Crippen LogP contribution in [-0.4, -0.2) is 20.2 Å². The van der Waals surface area contributed by atoms with Crippen molar-refractivity contribution in [2.24, 2.45) is 0 Å². The second-order valence-electron chi connectivity index (χ2n) is 3.25. The Morgan fingerprint density at radius 2 is 1.47 bits per heavy atom. The molecule has 0 atom stereocenters. The normalized spacial score (nSPS) is 9.65. The van der Waals surface area contributed by atoms with Crippen molar-refractivity contribution in [3.05, 3.63) is 42.6 Å². The lowest BCUT2D eigenvalue weighted by Gasteiger charge is -1.94. The van der Waals surface area contributed by atoms with E-state index in [2.05, 4.69) is 20.2 Å².